The zero-order chi connectivity index (χ0) is 25.4. The van der Waals surface area contributed by atoms with Crippen LogP contribution in [0, 0.1) is 0 Å². The summed E-state index contributed by atoms with van der Waals surface area (Å²) < 4.78 is 6.56. The molecule has 2 aliphatic carbocycles. The van der Waals surface area contributed by atoms with Gasteiger partial charge in [0.25, 0.3) is 0 Å². The highest BCUT2D eigenvalue weighted by Crippen LogP contribution is 2.65. The number of aliphatic hydroxyl groups is 1. The third-order valence-corrected chi connectivity index (χ3v) is 9.87. The van der Waals surface area contributed by atoms with Crippen molar-refractivity contribution in [1.29, 1.82) is 0 Å². The first-order valence-electron chi connectivity index (χ1n) is 12.5. The zero-order valence-corrected chi connectivity index (χ0v) is 23.0. The van der Waals surface area contributed by atoms with Crippen molar-refractivity contribution in [2.75, 3.05) is 20.1 Å². The van der Waals surface area contributed by atoms with E-state index in [-0.39, 0.29) is 42.6 Å². The van der Waals surface area contributed by atoms with Gasteiger partial charge in [-0.3, -0.25) is 9.69 Å². The van der Waals surface area contributed by atoms with Gasteiger partial charge in [0.2, 0.25) is 5.91 Å². The molecule has 4 aliphatic rings. The molecule has 6 rings (SSSR count). The highest BCUT2D eigenvalue weighted by molar-refractivity contribution is 6.42. The van der Waals surface area contributed by atoms with E-state index < -0.39 is 17.1 Å². The lowest BCUT2D eigenvalue weighted by atomic mass is 9.48. The first-order valence-corrected chi connectivity index (χ1v) is 13.3. The maximum Gasteiger partial charge on any atom is 0.227 e. The van der Waals surface area contributed by atoms with Crippen LogP contribution < -0.4 is 4.74 Å². The molecule has 2 fully saturated rings. The zero-order valence-electron chi connectivity index (χ0n) is 20.6. The highest BCUT2D eigenvalue weighted by Gasteiger charge is 2.73. The number of nitrogens with zero attached hydrogens (tertiary/aromatic N) is 2. The third-order valence-electron chi connectivity index (χ3n) is 9.14. The minimum Gasteiger partial charge on any atom is -0.504 e. The van der Waals surface area contributed by atoms with Gasteiger partial charge in [0.15, 0.2) is 11.5 Å². The van der Waals surface area contributed by atoms with E-state index in [1.54, 1.807) is 23.1 Å². The molecule has 5 atom stereocenters. The highest BCUT2D eigenvalue weighted by atomic mass is 35.5. The van der Waals surface area contributed by atoms with Crippen molar-refractivity contribution in [1.82, 2.24) is 9.80 Å². The number of hydrogen-bond donors (Lipinski definition) is 2. The molecule has 1 saturated heterocycles. The molecule has 1 amide bonds. The van der Waals surface area contributed by atoms with Crippen LogP contribution in [-0.2, 0) is 23.1 Å². The van der Waals surface area contributed by atoms with Crippen molar-refractivity contribution >= 4 is 41.5 Å². The maximum absolute atomic E-state index is 13.4. The molecule has 2 aliphatic heterocycles. The quantitative estimate of drug-likeness (QED) is 0.521. The topological polar surface area (TPSA) is 73.2 Å². The molecule has 2 aromatic rings. The number of benzene rings is 2. The summed E-state index contributed by atoms with van der Waals surface area (Å²) in [6.07, 6.45) is 4.17. The fourth-order valence-corrected chi connectivity index (χ4v) is 7.84. The van der Waals surface area contributed by atoms with E-state index in [0.717, 1.165) is 23.2 Å². The number of phenolic OH excluding ortho intramolecular Hbond substituents is 1. The van der Waals surface area contributed by atoms with Gasteiger partial charge in [-0.05, 0) is 61.6 Å². The van der Waals surface area contributed by atoms with Crippen LogP contribution in [0.4, 0.5) is 0 Å². The molecule has 0 radical (unpaired) electrons. The van der Waals surface area contributed by atoms with E-state index in [4.69, 9.17) is 27.9 Å². The molecular formula is C28H31Cl3N2O4. The number of likely N-dealkylation sites (tertiary alicyclic amines) is 1. The van der Waals surface area contributed by atoms with Gasteiger partial charge in [0, 0.05) is 25.2 Å². The SMILES string of the molecule is C=CCN1CC[C@]23c4c5ccc(O)c4O[C@H]2[C@H](N(C)C(=O)Cc2ccc(Cl)c(Cl)c2)CC[C@@]3(O)[C@H]1C5.Cl. The Balaban J connectivity index is 0.00000280. The van der Waals surface area contributed by atoms with Crippen LogP contribution in [0.3, 0.4) is 0 Å². The van der Waals surface area contributed by atoms with E-state index in [2.05, 4.69) is 11.5 Å². The van der Waals surface area contributed by atoms with Crippen molar-refractivity contribution in [3.63, 3.8) is 0 Å². The van der Waals surface area contributed by atoms with Gasteiger partial charge >= 0.3 is 0 Å². The normalized spacial score (nSPS) is 31.1. The smallest absolute Gasteiger partial charge is 0.227 e. The molecule has 0 unspecified atom stereocenters. The van der Waals surface area contributed by atoms with Crippen LogP contribution >= 0.6 is 35.6 Å². The Morgan fingerprint density at radius 1 is 1.27 bits per heavy atom. The van der Waals surface area contributed by atoms with Gasteiger partial charge in [-0.15, -0.1) is 19.0 Å². The van der Waals surface area contributed by atoms with Crippen LogP contribution in [0.5, 0.6) is 11.5 Å². The number of aromatic hydroxyl groups is 1. The summed E-state index contributed by atoms with van der Waals surface area (Å²) in [6, 6.07) is 8.57. The summed E-state index contributed by atoms with van der Waals surface area (Å²) in [5.74, 6) is 0.514. The van der Waals surface area contributed by atoms with Gasteiger partial charge < -0.3 is 19.8 Å². The fraction of sp³-hybridized carbons (Fsp3) is 0.464. The summed E-state index contributed by atoms with van der Waals surface area (Å²) in [5, 5.41) is 24.1. The average molecular weight is 566 g/mol. The lowest BCUT2D eigenvalue weighted by Crippen LogP contribution is -2.78. The molecule has 198 valence electrons. The first-order chi connectivity index (χ1) is 17.2. The second-order valence-corrected chi connectivity index (χ2v) is 11.5. The van der Waals surface area contributed by atoms with Crippen molar-refractivity contribution in [2.24, 2.45) is 0 Å². The van der Waals surface area contributed by atoms with Crippen molar-refractivity contribution in [3.8, 4) is 11.5 Å². The summed E-state index contributed by atoms with van der Waals surface area (Å²) in [6.45, 7) is 5.43. The summed E-state index contributed by atoms with van der Waals surface area (Å²) >= 11 is 12.2. The number of phenols is 1. The number of ether oxygens (including phenoxy) is 1. The average Bonchev–Trinajstić information content (AvgIpc) is 3.20. The molecule has 9 heteroatoms. The first kappa shape index (κ1) is 26.6. The summed E-state index contributed by atoms with van der Waals surface area (Å²) in [7, 11) is 1.81. The number of carbonyl (C=O) groups excluding carboxylic acids is 1. The molecule has 1 spiro atoms. The number of carbonyl (C=O) groups is 1. The Hall–Kier alpha value is -1.96. The van der Waals surface area contributed by atoms with Crippen LogP contribution in [0.25, 0.3) is 0 Å². The van der Waals surface area contributed by atoms with Gasteiger partial charge in [0.1, 0.15) is 6.10 Å². The van der Waals surface area contributed by atoms with Crippen LogP contribution in [0.1, 0.15) is 36.0 Å². The number of likely N-dealkylation sites (N-methyl/N-ethyl adjacent to an activating group) is 1. The largest absolute Gasteiger partial charge is 0.504 e. The predicted octanol–water partition coefficient (Wildman–Crippen LogP) is 4.53. The van der Waals surface area contributed by atoms with Crippen molar-refractivity contribution < 1.29 is 19.7 Å². The van der Waals surface area contributed by atoms with Gasteiger partial charge in [-0.2, -0.15) is 0 Å². The van der Waals surface area contributed by atoms with Gasteiger partial charge in [0.05, 0.1) is 33.5 Å². The Morgan fingerprint density at radius 3 is 2.78 bits per heavy atom. The van der Waals surface area contributed by atoms with E-state index in [1.807, 2.05) is 25.3 Å². The number of rotatable bonds is 5. The Bertz CT molecular complexity index is 1270. The lowest BCUT2D eigenvalue weighted by molar-refractivity contribution is -0.198. The van der Waals surface area contributed by atoms with E-state index >= 15 is 0 Å². The second-order valence-electron chi connectivity index (χ2n) is 10.7. The summed E-state index contributed by atoms with van der Waals surface area (Å²) in [5.41, 5.74) is 1.14. The molecule has 2 heterocycles. The van der Waals surface area contributed by atoms with E-state index in [0.29, 0.717) is 48.0 Å². The maximum atomic E-state index is 13.4. The molecule has 1 saturated carbocycles. The number of piperidine rings is 1. The second kappa shape index (κ2) is 9.35. The number of hydrogen-bond acceptors (Lipinski definition) is 5. The minimum absolute atomic E-state index is 0. The molecule has 2 bridgehead atoms. The summed E-state index contributed by atoms with van der Waals surface area (Å²) in [4.78, 5) is 17.5. The molecule has 6 nitrogen and oxygen atoms in total. The van der Waals surface area contributed by atoms with E-state index in [1.165, 1.54) is 0 Å². The van der Waals surface area contributed by atoms with Crippen molar-refractivity contribution in [2.45, 2.75) is 61.3 Å². The number of amides is 1. The fourth-order valence-electron chi connectivity index (χ4n) is 7.52. The molecule has 2 N–H and O–H groups in total. The number of halogens is 3. The van der Waals surface area contributed by atoms with Crippen LogP contribution in [0.2, 0.25) is 10.0 Å². The molecular weight excluding hydrogens is 535 g/mol. The van der Waals surface area contributed by atoms with Crippen LogP contribution in [0.15, 0.2) is 43.0 Å². The Morgan fingerprint density at radius 2 is 2.05 bits per heavy atom. The standard InChI is InChI=1S/C28H30Cl2N2O4.ClH/c1-3-11-32-12-10-27-24-17-5-7-21(33)25(24)36-26(27)20(8-9-28(27,35)22(32)15-17)31(2)23(34)14-16-4-6-18(29)19(30)13-16;/h3-7,13,20,22,26,33,35H,1,8-12,14-15H2,2H3;1H/t20-,22-,26+,27+,28-;/m1./s1. The predicted molar refractivity (Wildman–Crippen MR) is 146 cm³/mol. The van der Waals surface area contributed by atoms with Gasteiger partial charge in [-0.25, -0.2) is 0 Å². The molecule has 2 aromatic carbocycles. The molecule has 0 aromatic heterocycles. The Kier molecular flexibility index (Phi) is 6.73. The van der Waals surface area contributed by atoms with Crippen molar-refractivity contribution in [3.05, 3.63) is 69.7 Å². The lowest BCUT2D eigenvalue weighted by Gasteiger charge is -2.64. The van der Waals surface area contributed by atoms with Crippen LogP contribution in [-0.4, -0.2) is 69.8 Å². The van der Waals surface area contributed by atoms with E-state index in [9.17, 15) is 15.0 Å². The Labute approximate surface area is 233 Å². The third kappa shape index (κ3) is 3.64. The van der Waals surface area contributed by atoms with Gasteiger partial charge in [-0.1, -0.05) is 41.4 Å². The minimum atomic E-state index is -1.02. The molecule has 37 heavy (non-hydrogen) atoms. The monoisotopic (exact) mass is 564 g/mol.